The van der Waals surface area contributed by atoms with Crippen molar-refractivity contribution < 1.29 is 14.1 Å². The molecule has 0 fully saturated rings. The first kappa shape index (κ1) is 14.6. The molecule has 1 unspecified atom stereocenters. The summed E-state index contributed by atoms with van der Waals surface area (Å²) in [5, 5.41) is 6.68. The van der Waals surface area contributed by atoms with Gasteiger partial charge in [-0.2, -0.15) is 4.98 Å². The third kappa shape index (κ3) is 4.08. The highest BCUT2D eigenvalue weighted by molar-refractivity contribution is 5.75. The van der Waals surface area contributed by atoms with Crippen LogP contribution in [0.3, 0.4) is 0 Å². The second-order valence-corrected chi connectivity index (χ2v) is 5.10. The first-order valence-corrected chi connectivity index (χ1v) is 5.69. The number of nitrogens with one attached hydrogen (secondary N) is 1. The molecule has 0 aliphatic rings. The minimum absolute atomic E-state index is 0.0741. The highest BCUT2D eigenvalue weighted by Crippen LogP contribution is 2.33. The van der Waals surface area contributed by atoms with Gasteiger partial charge in [0.1, 0.15) is 6.10 Å². The molecular weight excluding hydrogens is 236 g/mol. The molecule has 1 atom stereocenters. The Kier molecular flexibility index (Phi) is 4.80. The van der Waals surface area contributed by atoms with Crippen LogP contribution in [0.1, 0.15) is 38.6 Å². The number of nitrogens with two attached hydrogens (primary N) is 1. The monoisotopic (exact) mass is 256 g/mol. The van der Waals surface area contributed by atoms with Crippen molar-refractivity contribution >= 4 is 5.91 Å². The van der Waals surface area contributed by atoms with Crippen LogP contribution in [0.2, 0.25) is 0 Å². The predicted molar refractivity (Wildman–Crippen MR) is 64.4 cm³/mol. The van der Waals surface area contributed by atoms with E-state index in [-0.39, 0.29) is 18.1 Å². The third-order valence-electron chi connectivity index (χ3n) is 2.32. The van der Waals surface area contributed by atoms with E-state index in [2.05, 4.69) is 15.5 Å². The van der Waals surface area contributed by atoms with Crippen LogP contribution in [-0.2, 0) is 16.1 Å². The molecule has 0 aromatic carbocycles. The van der Waals surface area contributed by atoms with Crippen LogP contribution in [0.4, 0.5) is 0 Å². The van der Waals surface area contributed by atoms with E-state index in [1.54, 1.807) is 7.11 Å². The number of primary amides is 1. The minimum Gasteiger partial charge on any atom is -0.373 e. The maximum Gasteiger partial charge on any atom is 0.240 e. The molecule has 1 rings (SSSR count). The molecule has 1 amide bonds. The summed E-state index contributed by atoms with van der Waals surface area (Å²) in [5.41, 5.74) is 4.87. The van der Waals surface area contributed by atoms with E-state index in [1.165, 1.54) is 0 Å². The van der Waals surface area contributed by atoms with Gasteiger partial charge in [0, 0.05) is 7.11 Å². The SMILES string of the molecule is COC(c1noc(CNCC(N)=O)n1)C(C)(C)C. The Morgan fingerprint density at radius 2 is 2.22 bits per heavy atom. The molecule has 0 saturated carbocycles. The van der Waals surface area contributed by atoms with Gasteiger partial charge >= 0.3 is 0 Å². The van der Waals surface area contributed by atoms with Gasteiger partial charge in [0.2, 0.25) is 17.6 Å². The van der Waals surface area contributed by atoms with E-state index in [0.717, 1.165) is 0 Å². The first-order valence-electron chi connectivity index (χ1n) is 5.69. The summed E-state index contributed by atoms with van der Waals surface area (Å²) in [6, 6.07) is 0. The fourth-order valence-corrected chi connectivity index (χ4v) is 1.59. The highest BCUT2D eigenvalue weighted by atomic mass is 16.5. The maximum absolute atomic E-state index is 10.6. The minimum atomic E-state index is -0.431. The zero-order chi connectivity index (χ0) is 13.8. The Labute approximate surface area is 106 Å². The van der Waals surface area contributed by atoms with Crippen LogP contribution in [-0.4, -0.2) is 29.7 Å². The highest BCUT2D eigenvalue weighted by Gasteiger charge is 2.30. The predicted octanol–water partition coefficient (Wildman–Crippen LogP) is 0.378. The quantitative estimate of drug-likeness (QED) is 0.762. The number of methoxy groups -OCH3 is 1. The zero-order valence-electron chi connectivity index (χ0n) is 11.2. The Morgan fingerprint density at radius 3 is 2.72 bits per heavy atom. The molecule has 0 spiro atoms. The maximum atomic E-state index is 10.6. The van der Waals surface area contributed by atoms with Crippen molar-refractivity contribution in [2.24, 2.45) is 11.1 Å². The fourth-order valence-electron chi connectivity index (χ4n) is 1.59. The average Bonchev–Trinajstić information content (AvgIpc) is 2.64. The Bertz CT molecular complexity index is 397. The second kappa shape index (κ2) is 5.92. The van der Waals surface area contributed by atoms with Crippen molar-refractivity contribution in [1.29, 1.82) is 0 Å². The van der Waals surface area contributed by atoms with Gasteiger partial charge in [-0.05, 0) is 5.41 Å². The smallest absolute Gasteiger partial charge is 0.240 e. The van der Waals surface area contributed by atoms with Gasteiger partial charge in [-0.3, -0.25) is 10.1 Å². The molecule has 0 aliphatic heterocycles. The van der Waals surface area contributed by atoms with E-state index in [1.807, 2.05) is 20.8 Å². The normalized spacial score (nSPS) is 13.6. The molecule has 1 heterocycles. The van der Waals surface area contributed by atoms with Crippen LogP contribution in [0.25, 0.3) is 0 Å². The van der Waals surface area contributed by atoms with Gasteiger partial charge < -0.3 is 15.0 Å². The lowest BCUT2D eigenvalue weighted by molar-refractivity contribution is -0.117. The van der Waals surface area contributed by atoms with Crippen molar-refractivity contribution in [3.05, 3.63) is 11.7 Å². The summed E-state index contributed by atoms with van der Waals surface area (Å²) < 4.78 is 10.4. The number of ether oxygens (including phenoxy) is 1. The second-order valence-electron chi connectivity index (χ2n) is 5.10. The molecule has 1 aromatic heterocycles. The lowest BCUT2D eigenvalue weighted by Crippen LogP contribution is -2.28. The number of nitrogens with zero attached hydrogens (tertiary/aromatic N) is 2. The molecule has 1 aromatic rings. The summed E-state index contributed by atoms with van der Waals surface area (Å²) in [4.78, 5) is 14.8. The zero-order valence-corrected chi connectivity index (χ0v) is 11.2. The Morgan fingerprint density at radius 1 is 1.56 bits per heavy atom. The molecule has 3 N–H and O–H groups in total. The first-order chi connectivity index (χ1) is 8.34. The van der Waals surface area contributed by atoms with Crippen molar-refractivity contribution in [2.75, 3.05) is 13.7 Å². The number of hydrogen-bond acceptors (Lipinski definition) is 6. The largest absolute Gasteiger partial charge is 0.373 e. The summed E-state index contributed by atoms with van der Waals surface area (Å²) in [6.45, 7) is 6.47. The molecule has 7 nitrogen and oxygen atoms in total. The van der Waals surface area contributed by atoms with Gasteiger partial charge in [0.25, 0.3) is 0 Å². The van der Waals surface area contributed by atoms with Gasteiger partial charge in [0.05, 0.1) is 13.1 Å². The van der Waals surface area contributed by atoms with E-state index in [9.17, 15) is 4.79 Å². The molecule has 18 heavy (non-hydrogen) atoms. The van der Waals surface area contributed by atoms with Crippen LogP contribution < -0.4 is 11.1 Å². The number of carbonyl (C=O) groups excluding carboxylic acids is 1. The fraction of sp³-hybridized carbons (Fsp3) is 0.727. The Hall–Kier alpha value is -1.47. The third-order valence-corrected chi connectivity index (χ3v) is 2.32. The topological polar surface area (TPSA) is 103 Å². The van der Waals surface area contributed by atoms with Gasteiger partial charge in [-0.1, -0.05) is 25.9 Å². The van der Waals surface area contributed by atoms with Crippen molar-refractivity contribution in [3.8, 4) is 0 Å². The molecule has 0 radical (unpaired) electrons. The van der Waals surface area contributed by atoms with E-state index < -0.39 is 5.91 Å². The summed E-state index contributed by atoms with van der Waals surface area (Å²) in [6.07, 6.45) is -0.244. The van der Waals surface area contributed by atoms with Crippen LogP contribution in [0, 0.1) is 5.41 Å². The lowest BCUT2D eigenvalue weighted by Gasteiger charge is -2.26. The van der Waals surface area contributed by atoms with Crippen LogP contribution >= 0.6 is 0 Å². The van der Waals surface area contributed by atoms with E-state index in [4.69, 9.17) is 15.0 Å². The van der Waals surface area contributed by atoms with Gasteiger partial charge in [-0.15, -0.1) is 0 Å². The number of carbonyl (C=O) groups is 1. The summed E-state index contributed by atoms with van der Waals surface area (Å²) >= 11 is 0. The number of aromatic nitrogens is 2. The van der Waals surface area contributed by atoms with Crippen molar-refractivity contribution in [2.45, 2.75) is 33.4 Å². The number of hydrogen-bond donors (Lipinski definition) is 2. The molecule has 0 aliphatic carbocycles. The molecule has 0 saturated heterocycles. The lowest BCUT2D eigenvalue weighted by atomic mass is 9.88. The van der Waals surface area contributed by atoms with E-state index >= 15 is 0 Å². The molecule has 0 bridgehead atoms. The average molecular weight is 256 g/mol. The van der Waals surface area contributed by atoms with Gasteiger partial charge in [0.15, 0.2) is 0 Å². The summed E-state index contributed by atoms with van der Waals surface area (Å²) in [5.74, 6) is 0.470. The van der Waals surface area contributed by atoms with E-state index in [0.29, 0.717) is 18.3 Å². The number of rotatable bonds is 6. The van der Waals surface area contributed by atoms with Gasteiger partial charge in [-0.25, -0.2) is 0 Å². The van der Waals surface area contributed by atoms with Crippen molar-refractivity contribution in [3.63, 3.8) is 0 Å². The summed E-state index contributed by atoms with van der Waals surface area (Å²) in [7, 11) is 1.61. The van der Waals surface area contributed by atoms with Crippen LogP contribution in [0.5, 0.6) is 0 Å². The molecular formula is C11H20N4O3. The van der Waals surface area contributed by atoms with Crippen molar-refractivity contribution in [1.82, 2.24) is 15.5 Å². The Balaban J connectivity index is 2.64. The standard InChI is InChI=1S/C11H20N4O3/c1-11(2,3)9(17-4)10-14-8(18-15-10)6-13-5-7(12)16/h9,13H,5-6H2,1-4H3,(H2,12,16). The molecule has 7 heteroatoms. The molecule has 102 valence electrons. The van der Waals surface area contributed by atoms with Crippen LogP contribution in [0.15, 0.2) is 4.52 Å². The number of amides is 1.